The van der Waals surface area contributed by atoms with E-state index in [-0.39, 0.29) is 0 Å². The van der Waals surface area contributed by atoms with Gasteiger partial charge in [0.1, 0.15) is 0 Å². The second-order valence-electron chi connectivity index (χ2n) is 9.22. The van der Waals surface area contributed by atoms with E-state index in [1.165, 1.54) is 38.5 Å². The maximum atomic E-state index is 3.56. The maximum absolute atomic E-state index is 3.56. The Balaban J connectivity index is 4.71. The summed E-state index contributed by atoms with van der Waals surface area (Å²) < 4.78 is 0. The zero-order valence-electron chi connectivity index (χ0n) is 16.5. The Kier molecular flexibility index (Phi) is 8.54. The fourth-order valence-electron chi connectivity index (χ4n) is 3.28. The Labute approximate surface area is 135 Å². The first-order valence-electron chi connectivity index (χ1n) is 9.21. The molecule has 0 aliphatic rings. The molecule has 0 amide bonds. The summed E-state index contributed by atoms with van der Waals surface area (Å²) in [6.45, 7) is 22.6. The van der Waals surface area contributed by atoms with Gasteiger partial charge in [-0.15, -0.1) is 0 Å². The second-order valence-corrected chi connectivity index (χ2v) is 9.22. The van der Waals surface area contributed by atoms with Crippen LogP contribution >= 0.6 is 0 Å². The summed E-state index contributed by atoms with van der Waals surface area (Å²) >= 11 is 0. The van der Waals surface area contributed by atoms with Gasteiger partial charge in [0, 0.05) is 6.04 Å². The second kappa shape index (κ2) is 8.56. The molecule has 0 saturated heterocycles. The van der Waals surface area contributed by atoms with E-state index in [4.69, 9.17) is 0 Å². The van der Waals surface area contributed by atoms with Crippen LogP contribution in [0.2, 0.25) is 0 Å². The van der Waals surface area contributed by atoms with Crippen LogP contribution in [0, 0.1) is 16.2 Å². The van der Waals surface area contributed by atoms with Gasteiger partial charge in [0.15, 0.2) is 0 Å². The molecule has 0 bridgehead atoms. The average molecular weight is 298 g/mol. The lowest BCUT2D eigenvalue weighted by molar-refractivity contribution is 0.0611. The minimum atomic E-state index is 0.376. The highest BCUT2D eigenvalue weighted by atomic mass is 14.9. The van der Waals surface area contributed by atoms with E-state index >= 15 is 0 Å². The normalized spacial score (nSPS) is 17.6. The van der Waals surface area contributed by atoms with Crippen molar-refractivity contribution in [3.8, 4) is 0 Å². The third-order valence-electron chi connectivity index (χ3n) is 5.77. The molecule has 0 radical (unpaired) electrons. The van der Waals surface area contributed by atoms with Gasteiger partial charge in [-0.2, -0.15) is 0 Å². The van der Waals surface area contributed by atoms with E-state index < -0.39 is 0 Å². The highest BCUT2D eigenvalue weighted by Gasteiger charge is 2.38. The van der Waals surface area contributed by atoms with Crippen LogP contribution in [0.5, 0.6) is 0 Å². The molecule has 2 unspecified atom stereocenters. The first-order valence-corrected chi connectivity index (χ1v) is 9.21. The third kappa shape index (κ3) is 7.68. The van der Waals surface area contributed by atoms with E-state index in [9.17, 15) is 0 Å². The van der Waals surface area contributed by atoms with Crippen molar-refractivity contribution in [1.29, 1.82) is 0 Å². The molecule has 0 spiro atoms. The molecule has 0 aromatic heterocycles. The molecule has 0 heterocycles. The molecule has 2 atom stereocenters. The van der Waals surface area contributed by atoms with Crippen molar-refractivity contribution in [1.82, 2.24) is 5.32 Å². The van der Waals surface area contributed by atoms with Gasteiger partial charge in [-0.25, -0.2) is 0 Å². The molecular formula is C20H43N. The number of rotatable bonds is 10. The predicted octanol–water partition coefficient (Wildman–Crippen LogP) is 6.42. The van der Waals surface area contributed by atoms with Gasteiger partial charge in [-0.1, -0.05) is 61.8 Å². The molecular weight excluding hydrogens is 254 g/mol. The fraction of sp³-hybridized carbons (Fsp3) is 1.00. The highest BCUT2D eigenvalue weighted by Crippen LogP contribution is 2.48. The standard InChI is InChI=1S/C20H43N/c1-10-13-19(7,8)15-16-20(9,18(4,5)6)14-12-17(3)21-11-2/h17,21H,10-16H2,1-9H3. The minimum absolute atomic E-state index is 0.376. The summed E-state index contributed by atoms with van der Waals surface area (Å²) in [6.07, 6.45) is 7.97. The quantitative estimate of drug-likeness (QED) is 0.490. The van der Waals surface area contributed by atoms with Crippen molar-refractivity contribution in [3.63, 3.8) is 0 Å². The first kappa shape index (κ1) is 21.0. The van der Waals surface area contributed by atoms with E-state index in [1.54, 1.807) is 0 Å². The summed E-state index contributed by atoms with van der Waals surface area (Å²) in [4.78, 5) is 0. The van der Waals surface area contributed by atoms with Gasteiger partial charge in [0.25, 0.3) is 0 Å². The molecule has 128 valence electrons. The van der Waals surface area contributed by atoms with Crippen LogP contribution < -0.4 is 5.32 Å². The summed E-state index contributed by atoms with van der Waals surface area (Å²) in [5.74, 6) is 0. The summed E-state index contributed by atoms with van der Waals surface area (Å²) in [5, 5.41) is 3.56. The van der Waals surface area contributed by atoms with Gasteiger partial charge < -0.3 is 5.32 Å². The molecule has 1 N–H and O–H groups in total. The molecule has 21 heavy (non-hydrogen) atoms. The van der Waals surface area contributed by atoms with Crippen LogP contribution in [-0.2, 0) is 0 Å². The lowest BCUT2D eigenvalue weighted by Gasteiger charge is -2.45. The van der Waals surface area contributed by atoms with Crippen LogP contribution in [0.25, 0.3) is 0 Å². The van der Waals surface area contributed by atoms with E-state index in [0.29, 0.717) is 22.3 Å². The molecule has 0 rings (SSSR count). The highest BCUT2D eigenvalue weighted by molar-refractivity contribution is 4.89. The van der Waals surface area contributed by atoms with Crippen molar-refractivity contribution in [3.05, 3.63) is 0 Å². The van der Waals surface area contributed by atoms with E-state index in [1.807, 2.05) is 0 Å². The smallest absolute Gasteiger partial charge is 0.00388 e. The molecule has 0 aliphatic heterocycles. The average Bonchev–Trinajstić information content (AvgIpc) is 2.33. The van der Waals surface area contributed by atoms with Crippen LogP contribution in [0.15, 0.2) is 0 Å². The van der Waals surface area contributed by atoms with Crippen molar-refractivity contribution in [2.75, 3.05) is 6.54 Å². The Morgan fingerprint density at radius 3 is 1.81 bits per heavy atom. The lowest BCUT2D eigenvalue weighted by atomic mass is 9.61. The Hall–Kier alpha value is -0.0400. The van der Waals surface area contributed by atoms with E-state index in [2.05, 4.69) is 67.6 Å². The summed E-state index contributed by atoms with van der Waals surface area (Å²) in [6, 6.07) is 0.639. The minimum Gasteiger partial charge on any atom is -0.315 e. The van der Waals surface area contributed by atoms with Crippen LogP contribution in [0.3, 0.4) is 0 Å². The summed E-state index contributed by atoms with van der Waals surface area (Å²) in [7, 11) is 0. The predicted molar refractivity (Wildman–Crippen MR) is 97.9 cm³/mol. The Morgan fingerprint density at radius 1 is 0.810 bits per heavy atom. The first-order chi connectivity index (χ1) is 9.47. The van der Waals surface area contributed by atoms with Crippen molar-refractivity contribution < 1.29 is 0 Å². The third-order valence-corrected chi connectivity index (χ3v) is 5.77. The Bertz CT molecular complexity index is 274. The van der Waals surface area contributed by atoms with Crippen LogP contribution in [-0.4, -0.2) is 12.6 Å². The zero-order chi connectivity index (χ0) is 16.7. The van der Waals surface area contributed by atoms with Gasteiger partial charge in [-0.3, -0.25) is 0 Å². The number of hydrogen-bond acceptors (Lipinski definition) is 1. The van der Waals surface area contributed by atoms with Crippen molar-refractivity contribution in [2.45, 2.75) is 107 Å². The number of nitrogens with one attached hydrogen (secondary N) is 1. The molecule has 0 saturated carbocycles. The molecule has 1 heteroatoms. The van der Waals surface area contributed by atoms with Gasteiger partial charge in [0.05, 0.1) is 0 Å². The molecule has 1 nitrogen and oxygen atoms in total. The SMILES string of the molecule is CCCC(C)(C)CCC(C)(CCC(C)NCC)C(C)(C)C. The monoisotopic (exact) mass is 297 g/mol. The lowest BCUT2D eigenvalue weighted by Crippen LogP contribution is -2.36. The largest absolute Gasteiger partial charge is 0.315 e. The van der Waals surface area contributed by atoms with Crippen LogP contribution in [0.1, 0.15) is 101 Å². The van der Waals surface area contributed by atoms with E-state index in [0.717, 1.165) is 6.54 Å². The van der Waals surface area contributed by atoms with Crippen molar-refractivity contribution in [2.24, 2.45) is 16.2 Å². The van der Waals surface area contributed by atoms with Gasteiger partial charge in [-0.05, 0) is 61.8 Å². The molecule has 0 aliphatic carbocycles. The van der Waals surface area contributed by atoms with Crippen LogP contribution in [0.4, 0.5) is 0 Å². The zero-order valence-corrected chi connectivity index (χ0v) is 16.5. The van der Waals surface area contributed by atoms with Crippen molar-refractivity contribution >= 4 is 0 Å². The topological polar surface area (TPSA) is 12.0 Å². The molecule has 0 aromatic carbocycles. The van der Waals surface area contributed by atoms with Gasteiger partial charge in [0.2, 0.25) is 0 Å². The fourth-order valence-corrected chi connectivity index (χ4v) is 3.28. The Morgan fingerprint density at radius 2 is 1.38 bits per heavy atom. The maximum Gasteiger partial charge on any atom is 0.00388 e. The summed E-state index contributed by atoms with van der Waals surface area (Å²) in [5.41, 5.74) is 1.30. The number of hydrogen-bond donors (Lipinski definition) is 1. The molecule has 0 fully saturated rings. The van der Waals surface area contributed by atoms with Gasteiger partial charge >= 0.3 is 0 Å². The molecule has 0 aromatic rings.